The van der Waals surface area contributed by atoms with E-state index in [4.69, 9.17) is 25.8 Å². The summed E-state index contributed by atoms with van der Waals surface area (Å²) in [5.74, 6) is -0.0978. The number of aryl methyl sites for hydroxylation is 1. The standard InChI is InChI=1S/C36H42ClN3O7/c1-36(2,3)47-35(44)39-26-13-15-27(16-14-26)46-34(43)40-31-19-23(12-17-28(31)24-10-6-5-7-11-24)9-8-18-38-33(42)29-21-32(45-4)25(22-41)20-30(29)37/h5-7,10-12,17,19-22,26-27H,8-9,13-16,18H2,1-4H3,(H,38,42)(H,39,44)(H,40,43). The van der Waals surface area contributed by atoms with Crippen molar-refractivity contribution in [1.29, 1.82) is 0 Å². The van der Waals surface area contributed by atoms with Gasteiger partial charge in [0.15, 0.2) is 6.29 Å². The molecule has 0 unspecified atom stereocenters. The number of carbonyl (C=O) groups is 4. The van der Waals surface area contributed by atoms with Crippen molar-refractivity contribution in [1.82, 2.24) is 10.6 Å². The number of hydrogen-bond acceptors (Lipinski definition) is 7. The highest BCUT2D eigenvalue weighted by Crippen LogP contribution is 2.31. The molecule has 0 atom stereocenters. The minimum atomic E-state index is -0.565. The zero-order valence-corrected chi connectivity index (χ0v) is 27.9. The van der Waals surface area contributed by atoms with Gasteiger partial charge in [0.1, 0.15) is 17.5 Å². The van der Waals surface area contributed by atoms with Crippen LogP contribution in [0.25, 0.3) is 11.1 Å². The first kappa shape index (κ1) is 35.3. The van der Waals surface area contributed by atoms with Gasteiger partial charge in [0.2, 0.25) is 0 Å². The first-order valence-electron chi connectivity index (χ1n) is 15.7. The van der Waals surface area contributed by atoms with Gasteiger partial charge in [0, 0.05) is 18.2 Å². The highest BCUT2D eigenvalue weighted by Gasteiger charge is 2.27. The molecule has 0 aliphatic heterocycles. The molecule has 4 rings (SSSR count). The molecule has 11 heteroatoms. The van der Waals surface area contributed by atoms with Crippen molar-refractivity contribution in [3.8, 4) is 16.9 Å². The third-order valence-electron chi connectivity index (χ3n) is 7.69. The van der Waals surface area contributed by atoms with E-state index >= 15 is 0 Å². The smallest absolute Gasteiger partial charge is 0.411 e. The van der Waals surface area contributed by atoms with E-state index < -0.39 is 17.8 Å². The van der Waals surface area contributed by atoms with E-state index in [1.807, 2.05) is 69.3 Å². The lowest BCUT2D eigenvalue weighted by molar-refractivity contribution is 0.0440. The summed E-state index contributed by atoms with van der Waals surface area (Å²) in [6, 6.07) is 18.5. The van der Waals surface area contributed by atoms with Crippen LogP contribution in [0.2, 0.25) is 5.02 Å². The van der Waals surface area contributed by atoms with Crippen LogP contribution in [0.3, 0.4) is 0 Å². The Labute approximate surface area is 280 Å². The van der Waals surface area contributed by atoms with Crippen LogP contribution in [0, 0.1) is 0 Å². The van der Waals surface area contributed by atoms with Crippen LogP contribution in [0.1, 0.15) is 79.2 Å². The van der Waals surface area contributed by atoms with Gasteiger partial charge < -0.3 is 24.8 Å². The van der Waals surface area contributed by atoms with Crippen molar-refractivity contribution < 1.29 is 33.4 Å². The summed E-state index contributed by atoms with van der Waals surface area (Å²) >= 11 is 6.23. The molecular formula is C36H42ClN3O7. The lowest BCUT2D eigenvalue weighted by atomic mass is 9.93. The second kappa shape index (κ2) is 16.3. The van der Waals surface area contributed by atoms with Gasteiger partial charge in [-0.1, -0.05) is 54.1 Å². The fourth-order valence-corrected chi connectivity index (χ4v) is 5.67. The molecule has 3 aromatic carbocycles. The summed E-state index contributed by atoms with van der Waals surface area (Å²) in [5, 5.41) is 8.88. The number of aldehydes is 1. The molecule has 3 N–H and O–H groups in total. The maximum Gasteiger partial charge on any atom is 0.411 e. The zero-order chi connectivity index (χ0) is 34.0. The van der Waals surface area contributed by atoms with E-state index in [9.17, 15) is 19.2 Å². The molecule has 3 aromatic rings. The van der Waals surface area contributed by atoms with Crippen molar-refractivity contribution in [2.24, 2.45) is 0 Å². The summed E-state index contributed by atoms with van der Waals surface area (Å²) in [7, 11) is 1.42. The molecule has 0 heterocycles. The van der Waals surface area contributed by atoms with E-state index in [0.717, 1.165) is 16.7 Å². The average molecular weight is 664 g/mol. The van der Waals surface area contributed by atoms with Gasteiger partial charge in [-0.25, -0.2) is 9.59 Å². The summed E-state index contributed by atoms with van der Waals surface area (Å²) in [4.78, 5) is 49.2. The number of amides is 3. The van der Waals surface area contributed by atoms with E-state index in [-0.39, 0.29) is 40.0 Å². The Morgan fingerprint density at radius 3 is 2.34 bits per heavy atom. The Kier molecular flexibility index (Phi) is 12.2. The lowest BCUT2D eigenvalue weighted by Crippen LogP contribution is -2.42. The number of rotatable bonds is 11. The number of carbonyl (C=O) groups excluding carboxylic acids is 4. The molecule has 47 heavy (non-hydrogen) atoms. The van der Waals surface area contributed by atoms with Gasteiger partial charge in [-0.15, -0.1) is 0 Å². The molecule has 1 fully saturated rings. The number of ether oxygens (including phenoxy) is 3. The lowest BCUT2D eigenvalue weighted by Gasteiger charge is -2.30. The van der Waals surface area contributed by atoms with E-state index in [1.54, 1.807) is 0 Å². The number of nitrogens with one attached hydrogen (secondary N) is 3. The Morgan fingerprint density at radius 1 is 0.957 bits per heavy atom. The van der Waals surface area contributed by atoms with Crippen LogP contribution in [-0.4, -0.2) is 55.8 Å². The second-order valence-electron chi connectivity index (χ2n) is 12.4. The predicted molar refractivity (Wildman–Crippen MR) is 181 cm³/mol. The molecule has 0 radical (unpaired) electrons. The Balaban J connectivity index is 1.34. The maximum atomic E-state index is 13.1. The average Bonchev–Trinajstić information content (AvgIpc) is 3.03. The van der Waals surface area contributed by atoms with E-state index in [0.29, 0.717) is 57.0 Å². The van der Waals surface area contributed by atoms with Crippen LogP contribution in [-0.2, 0) is 15.9 Å². The largest absolute Gasteiger partial charge is 0.496 e. The summed E-state index contributed by atoms with van der Waals surface area (Å²) in [5.41, 5.74) is 3.32. The van der Waals surface area contributed by atoms with Gasteiger partial charge in [0.05, 0.1) is 28.9 Å². The highest BCUT2D eigenvalue weighted by molar-refractivity contribution is 6.34. The Hall–Kier alpha value is -4.57. The van der Waals surface area contributed by atoms with E-state index in [2.05, 4.69) is 16.0 Å². The van der Waals surface area contributed by atoms with Gasteiger partial charge in [-0.3, -0.25) is 14.9 Å². The number of benzene rings is 3. The highest BCUT2D eigenvalue weighted by atomic mass is 35.5. The molecule has 1 aliphatic carbocycles. The number of anilines is 1. The molecule has 1 aliphatic rings. The molecule has 10 nitrogen and oxygen atoms in total. The Morgan fingerprint density at radius 2 is 1.68 bits per heavy atom. The molecule has 3 amide bonds. The van der Waals surface area contributed by atoms with Crippen molar-refractivity contribution >= 4 is 41.7 Å². The molecule has 0 saturated heterocycles. The molecule has 250 valence electrons. The van der Waals surface area contributed by atoms with E-state index in [1.165, 1.54) is 19.2 Å². The number of halogens is 1. The van der Waals surface area contributed by atoms with Gasteiger partial charge in [-0.05, 0) is 88.6 Å². The summed E-state index contributed by atoms with van der Waals surface area (Å²) < 4.78 is 16.3. The van der Waals surface area contributed by atoms with Gasteiger partial charge in [-0.2, -0.15) is 0 Å². The van der Waals surface area contributed by atoms with Gasteiger partial charge in [0.25, 0.3) is 5.91 Å². The third-order valence-corrected chi connectivity index (χ3v) is 8.01. The van der Waals surface area contributed by atoms with Crippen molar-refractivity contribution in [2.45, 2.75) is 77.0 Å². The van der Waals surface area contributed by atoms with Crippen LogP contribution in [0.15, 0.2) is 60.7 Å². The molecule has 0 spiro atoms. The minimum Gasteiger partial charge on any atom is -0.496 e. The van der Waals surface area contributed by atoms with Crippen LogP contribution < -0.4 is 20.7 Å². The van der Waals surface area contributed by atoms with Crippen molar-refractivity contribution in [3.05, 3.63) is 82.4 Å². The second-order valence-corrected chi connectivity index (χ2v) is 12.9. The predicted octanol–water partition coefficient (Wildman–Crippen LogP) is 7.58. The van der Waals surface area contributed by atoms with Crippen molar-refractivity contribution in [3.63, 3.8) is 0 Å². The zero-order valence-electron chi connectivity index (χ0n) is 27.2. The third kappa shape index (κ3) is 10.5. The molecule has 1 saturated carbocycles. The van der Waals surface area contributed by atoms with Crippen LogP contribution >= 0.6 is 11.6 Å². The van der Waals surface area contributed by atoms with Crippen LogP contribution in [0.4, 0.5) is 15.3 Å². The molecular weight excluding hydrogens is 622 g/mol. The van der Waals surface area contributed by atoms with Gasteiger partial charge >= 0.3 is 12.2 Å². The first-order chi connectivity index (χ1) is 22.5. The number of methoxy groups -OCH3 is 1. The normalized spacial score (nSPS) is 16.0. The minimum absolute atomic E-state index is 0.0262. The summed E-state index contributed by atoms with van der Waals surface area (Å²) in [6.45, 7) is 5.85. The topological polar surface area (TPSA) is 132 Å². The Bertz CT molecular complexity index is 1560. The number of hydrogen-bond donors (Lipinski definition) is 3. The molecule has 0 bridgehead atoms. The monoisotopic (exact) mass is 663 g/mol. The van der Waals surface area contributed by atoms with Crippen molar-refractivity contribution in [2.75, 3.05) is 19.0 Å². The number of alkyl carbamates (subject to hydrolysis) is 1. The van der Waals surface area contributed by atoms with Crippen LogP contribution in [0.5, 0.6) is 5.75 Å². The fourth-order valence-electron chi connectivity index (χ4n) is 5.41. The molecule has 0 aromatic heterocycles. The first-order valence-corrected chi connectivity index (χ1v) is 16.1. The maximum absolute atomic E-state index is 13.1. The summed E-state index contributed by atoms with van der Waals surface area (Å²) in [6.07, 6.45) is 3.27. The quantitative estimate of drug-likeness (QED) is 0.142. The fraction of sp³-hybridized carbons (Fsp3) is 0.389. The SMILES string of the molecule is COc1cc(C(=O)NCCCc2ccc(-c3ccccc3)c(NC(=O)OC3CCC(NC(=O)OC(C)(C)C)CC3)c2)c(Cl)cc1C=O.